The topological polar surface area (TPSA) is 0 Å². The first-order valence-corrected chi connectivity index (χ1v) is 4.41. The molecule has 0 atom stereocenters. The Labute approximate surface area is 83.6 Å². The van der Waals surface area contributed by atoms with Crippen molar-refractivity contribution in [1.29, 1.82) is 0 Å². The maximum Gasteiger partial charge on any atom is 2.00 e. The van der Waals surface area contributed by atoms with E-state index in [1.165, 1.54) is 25.7 Å². The first-order chi connectivity index (χ1) is 4.83. The zero-order valence-electron chi connectivity index (χ0n) is 8.01. The molecule has 11 heavy (non-hydrogen) atoms. The Morgan fingerprint density at radius 2 is 1.09 bits per heavy atom. The van der Waals surface area contributed by atoms with E-state index in [0.717, 1.165) is 12.8 Å². The molecule has 0 aliphatic rings. The molecular formula is C10H22Fe. The van der Waals surface area contributed by atoms with E-state index < -0.39 is 0 Å². The molecule has 0 nitrogen and oxygen atoms in total. The number of rotatable bonds is 4. The summed E-state index contributed by atoms with van der Waals surface area (Å²) in [6, 6.07) is 0. The van der Waals surface area contributed by atoms with Gasteiger partial charge in [0, 0.05) is 0 Å². The molecule has 0 saturated carbocycles. The fraction of sp³-hybridized carbons (Fsp3) is 0.800. The Morgan fingerprint density at radius 3 is 1.09 bits per heavy atom. The van der Waals surface area contributed by atoms with Crippen molar-refractivity contribution < 1.29 is 17.1 Å². The molecule has 0 aliphatic carbocycles. The average Bonchev–Trinajstić information content (AvgIpc) is 1.93. The summed E-state index contributed by atoms with van der Waals surface area (Å²) in [7, 11) is 0. The van der Waals surface area contributed by atoms with Gasteiger partial charge in [-0.1, -0.05) is 39.5 Å². The summed E-state index contributed by atoms with van der Waals surface area (Å²) in [5, 5.41) is 0. The largest absolute Gasteiger partial charge is 2.00 e. The van der Waals surface area contributed by atoms with Gasteiger partial charge in [-0.2, -0.15) is 12.8 Å². The summed E-state index contributed by atoms with van der Waals surface area (Å²) in [5.41, 5.74) is 0. The van der Waals surface area contributed by atoms with Crippen LogP contribution in [0.15, 0.2) is 0 Å². The maximum absolute atomic E-state index is 3.68. The van der Waals surface area contributed by atoms with E-state index >= 15 is 0 Å². The van der Waals surface area contributed by atoms with Crippen LogP contribution in [0.3, 0.4) is 0 Å². The van der Waals surface area contributed by atoms with E-state index in [1.54, 1.807) is 0 Å². The van der Waals surface area contributed by atoms with E-state index in [-0.39, 0.29) is 17.1 Å². The molecule has 70 valence electrons. The average molecular weight is 198 g/mol. The molecule has 0 fully saturated rings. The van der Waals surface area contributed by atoms with Crippen molar-refractivity contribution in [3.8, 4) is 0 Å². The fourth-order valence-electron chi connectivity index (χ4n) is 0.500. The molecule has 0 bridgehead atoms. The van der Waals surface area contributed by atoms with Gasteiger partial charge < -0.3 is 13.8 Å². The molecule has 0 rings (SSSR count). The SMILES string of the molecule is [CH2-]CCCC.[CH2-]CCCC.[Fe+2]. The van der Waals surface area contributed by atoms with Crippen molar-refractivity contribution in [1.82, 2.24) is 0 Å². The second kappa shape index (κ2) is 22.4. The summed E-state index contributed by atoms with van der Waals surface area (Å²) >= 11 is 0. The molecular weight excluding hydrogens is 176 g/mol. The van der Waals surface area contributed by atoms with Crippen LogP contribution >= 0.6 is 0 Å². The third kappa shape index (κ3) is 37.4. The third-order valence-electron chi connectivity index (χ3n) is 1.21. The van der Waals surface area contributed by atoms with Crippen LogP contribution < -0.4 is 0 Å². The summed E-state index contributed by atoms with van der Waals surface area (Å²) in [6.07, 6.45) is 7.31. The zero-order chi connectivity index (χ0) is 8.24. The van der Waals surface area contributed by atoms with Gasteiger partial charge in [0.1, 0.15) is 0 Å². The molecule has 0 amide bonds. The summed E-state index contributed by atoms with van der Waals surface area (Å²) in [5.74, 6) is 0. The van der Waals surface area contributed by atoms with Gasteiger partial charge in [0.25, 0.3) is 0 Å². The molecule has 0 spiro atoms. The van der Waals surface area contributed by atoms with Crippen molar-refractivity contribution in [2.24, 2.45) is 0 Å². The van der Waals surface area contributed by atoms with Gasteiger partial charge in [-0.25, -0.2) is 0 Å². The number of hydrogen-bond acceptors (Lipinski definition) is 0. The van der Waals surface area contributed by atoms with Crippen LogP contribution in [0.5, 0.6) is 0 Å². The molecule has 0 aliphatic heterocycles. The van der Waals surface area contributed by atoms with Gasteiger partial charge in [0.2, 0.25) is 0 Å². The number of unbranched alkanes of at least 4 members (excludes halogenated alkanes) is 4. The second-order valence-electron chi connectivity index (χ2n) is 2.41. The van der Waals surface area contributed by atoms with E-state index in [2.05, 4.69) is 27.7 Å². The molecule has 0 radical (unpaired) electrons. The third-order valence-corrected chi connectivity index (χ3v) is 1.21. The van der Waals surface area contributed by atoms with E-state index in [9.17, 15) is 0 Å². The molecule has 0 aromatic heterocycles. The van der Waals surface area contributed by atoms with Crippen molar-refractivity contribution in [3.63, 3.8) is 0 Å². The minimum atomic E-state index is 0. The molecule has 0 saturated heterocycles. The van der Waals surface area contributed by atoms with Gasteiger partial charge in [0.15, 0.2) is 0 Å². The summed E-state index contributed by atoms with van der Waals surface area (Å²) in [6.45, 7) is 11.7. The van der Waals surface area contributed by atoms with E-state index in [1.807, 2.05) is 0 Å². The monoisotopic (exact) mass is 198 g/mol. The molecule has 0 unspecified atom stereocenters. The van der Waals surface area contributed by atoms with Crippen LogP contribution in [0.4, 0.5) is 0 Å². The Morgan fingerprint density at radius 1 is 0.818 bits per heavy atom. The Bertz CT molecular complexity index is 25.9. The smallest absolute Gasteiger partial charge is 0.343 e. The van der Waals surface area contributed by atoms with E-state index in [0.29, 0.717) is 0 Å². The van der Waals surface area contributed by atoms with E-state index in [4.69, 9.17) is 0 Å². The minimum absolute atomic E-state index is 0. The maximum atomic E-state index is 3.68. The molecule has 0 N–H and O–H groups in total. The van der Waals surface area contributed by atoms with Crippen LogP contribution in [0.2, 0.25) is 0 Å². The summed E-state index contributed by atoms with van der Waals surface area (Å²) < 4.78 is 0. The normalized spacial score (nSPS) is 7.64. The quantitative estimate of drug-likeness (QED) is 0.472. The minimum Gasteiger partial charge on any atom is -0.343 e. The first-order valence-electron chi connectivity index (χ1n) is 4.41. The molecule has 0 heterocycles. The van der Waals surface area contributed by atoms with Gasteiger partial charge in [0.05, 0.1) is 0 Å². The van der Waals surface area contributed by atoms with Gasteiger partial charge in [-0.05, 0) is 0 Å². The fourth-order valence-corrected chi connectivity index (χ4v) is 0.500. The van der Waals surface area contributed by atoms with Crippen LogP contribution in [0, 0.1) is 13.8 Å². The van der Waals surface area contributed by atoms with Crippen molar-refractivity contribution >= 4 is 0 Å². The van der Waals surface area contributed by atoms with Gasteiger partial charge in [-0.3, -0.25) is 0 Å². The Hall–Kier alpha value is 0.519. The molecule has 0 aromatic carbocycles. The van der Waals surface area contributed by atoms with Crippen molar-refractivity contribution in [3.05, 3.63) is 13.8 Å². The number of hydrogen-bond donors (Lipinski definition) is 0. The first kappa shape index (κ1) is 17.6. The van der Waals surface area contributed by atoms with Crippen molar-refractivity contribution in [2.45, 2.75) is 52.4 Å². The van der Waals surface area contributed by atoms with Gasteiger partial charge in [-0.15, -0.1) is 0 Å². The predicted molar refractivity (Wildman–Crippen MR) is 49.8 cm³/mol. The van der Waals surface area contributed by atoms with Crippen molar-refractivity contribution in [2.75, 3.05) is 0 Å². The second-order valence-corrected chi connectivity index (χ2v) is 2.41. The zero-order valence-corrected chi connectivity index (χ0v) is 9.11. The molecule has 0 aromatic rings. The standard InChI is InChI=1S/2C5H11.Fe/c2*1-3-5-4-2;/h2*1,3-5H2,2H3;/q2*-1;+2. The van der Waals surface area contributed by atoms with Crippen LogP contribution in [0.1, 0.15) is 52.4 Å². The van der Waals surface area contributed by atoms with Gasteiger partial charge >= 0.3 is 17.1 Å². The van der Waals surface area contributed by atoms with Crippen LogP contribution in [-0.4, -0.2) is 0 Å². The van der Waals surface area contributed by atoms with Crippen LogP contribution in [0.25, 0.3) is 0 Å². The van der Waals surface area contributed by atoms with Crippen LogP contribution in [-0.2, 0) is 17.1 Å². The Balaban J connectivity index is -0.000000107. The predicted octanol–water partition coefficient (Wildman–Crippen LogP) is 4.02. The Kier molecular flexibility index (Phi) is 35.8. The molecule has 1 heteroatoms. The summed E-state index contributed by atoms with van der Waals surface area (Å²) in [4.78, 5) is 0.